The van der Waals surface area contributed by atoms with Gasteiger partial charge in [-0.2, -0.15) is 4.31 Å². The van der Waals surface area contributed by atoms with Crippen LogP contribution >= 0.6 is 0 Å². The van der Waals surface area contributed by atoms with Gasteiger partial charge < -0.3 is 10.5 Å². The molecule has 144 valence electrons. The lowest BCUT2D eigenvalue weighted by atomic mass is 9.90. The Kier molecular flexibility index (Phi) is 6.32. The van der Waals surface area contributed by atoms with Gasteiger partial charge in [0.2, 0.25) is 10.0 Å². The first-order valence-corrected chi connectivity index (χ1v) is 11.3. The molecule has 2 aliphatic rings. The largest absolute Gasteiger partial charge is 0.411 e. The number of hydrogen-bond acceptors (Lipinski definition) is 5. The maximum absolute atomic E-state index is 11.7. The molecule has 6 nitrogen and oxygen atoms in total. The lowest BCUT2D eigenvalue weighted by Gasteiger charge is -2.27. The van der Waals surface area contributed by atoms with Gasteiger partial charge >= 0.3 is 0 Å². The summed E-state index contributed by atoms with van der Waals surface area (Å²) in [6.45, 7) is 3.16. The van der Waals surface area contributed by atoms with Gasteiger partial charge in [0.25, 0.3) is 0 Å². The zero-order chi connectivity index (χ0) is 18.6. The van der Waals surface area contributed by atoms with E-state index >= 15 is 0 Å². The monoisotopic (exact) mass is 379 g/mol. The van der Waals surface area contributed by atoms with E-state index in [9.17, 15) is 13.6 Å². The normalized spacial score (nSPS) is 20.1. The standard InChI is InChI=1S/C19H29N3O3S/c1-26(24,25)22-12-9-16-13-17(5-6-18(16)14-22)19(21-23)4-2-3-15-7-10-20-11-8-15/h5-6,13,15,20,23H,2-4,7-12,14H2,1H3. The smallest absolute Gasteiger partial charge is 0.211 e. The molecule has 0 amide bonds. The van der Waals surface area contributed by atoms with Crippen LogP contribution in [0.5, 0.6) is 0 Å². The van der Waals surface area contributed by atoms with E-state index in [2.05, 4.69) is 16.5 Å². The lowest BCUT2D eigenvalue weighted by Crippen LogP contribution is -2.35. The molecule has 2 heterocycles. The van der Waals surface area contributed by atoms with Gasteiger partial charge in [-0.3, -0.25) is 0 Å². The fraction of sp³-hybridized carbons (Fsp3) is 0.632. The van der Waals surface area contributed by atoms with Gasteiger partial charge in [0.05, 0.1) is 12.0 Å². The molecule has 0 bridgehead atoms. The van der Waals surface area contributed by atoms with Gasteiger partial charge in [-0.15, -0.1) is 0 Å². The first-order valence-electron chi connectivity index (χ1n) is 9.46. The molecule has 2 N–H and O–H groups in total. The molecular formula is C19H29N3O3S. The van der Waals surface area contributed by atoms with E-state index in [1.54, 1.807) is 0 Å². The molecule has 0 unspecified atom stereocenters. The van der Waals surface area contributed by atoms with Crippen molar-refractivity contribution in [3.8, 4) is 0 Å². The maximum atomic E-state index is 11.7. The van der Waals surface area contributed by atoms with Crippen molar-refractivity contribution < 1.29 is 13.6 Å². The van der Waals surface area contributed by atoms with Crippen molar-refractivity contribution >= 4 is 15.7 Å². The minimum Gasteiger partial charge on any atom is -0.411 e. The fourth-order valence-electron chi connectivity index (χ4n) is 3.97. The average Bonchev–Trinajstić information content (AvgIpc) is 2.64. The molecule has 0 aromatic heterocycles. The molecule has 1 aromatic rings. The molecule has 1 saturated heterocycles. The highest BCUT2D eigenvalue weighted by molar-refractivity contribution is 7.88. The summed E-state index contributed by atoms with van der Waals surface area (Å²) in [6, 6.07) is 5.98. The second-order valence-electron chi connectivity index (χ2n) is 7.46. The van der Waals surface area contributed by atoms with Crippen molar-refractivity contribution in [2.75, 3.05) is 25.9 Å². The number of benzene rings is 1. The molecule has 0 spiro atoms. The van der Waals surface area contributed by atoms with Crippen molar-refractivity contribution in [3.05, 3.63) is 34.9 Å². The second-order valence-corrected chi connectivity index (χ2v) is 9.44. The highest BCUT2D eigenvalue weighted by atomic mass is 32.2. The second kappa shape index (κ2) is 8.50. The van der Waals surface area contributed by atoms with Crippen LogP contribution in [0.1, 0.15) is 48.8 Å². The van der Waals surface area contributed by atoms with Crippen LogP contribution in [0.25, 0.3) is 0 Å². The highest BCUT2D eigenvalue weighted by Gasteiger charge is 2.23. The Bertz CT molecular complexity index is 755. The Hall–Kier alpha value is -1.44. The number of fused-ring (bicyclic) bond motifs is 1. The first kappa shape index (κ1) is 19.3. The summed E-state index contributed by atoms with van der Waals surface area (Å²) in [5.41, 5.74) is 3.87. The van der Waals surface area contributed by atoms with E-state index in [0.29, 0.717) is 19.5 Å². The Labute approximate surface area is 156 Å². The summed E-state index contributed by atoms with van der Waals surface area (Å²) in [5.74, 6) is 0.779. The SMILES string of the molecule is CS(=O)(=O)N1CCc2cc(C(CCCC3CCNCC3)=NO)ccc2C1. The Morgan fingerprint density at radius 2 is 2.08 bits per heavy atom. The van der Waals surface area contributed by atoms with E-state index < -0.39 is 10.0 Å². The van der Waals surface area contributed by atoms with Crippen molar-refractivity contribution in [2.24, 2.45) is 11.1 Å². The molecule has 2 aliphatic heterocycles. The van der Waals surface area contributed by atoms with E-state index in [1.807, 2.05) is 12.1 Å². The number of piperidine rings is 1. The number of oxime groups is 1. The molecular weight excluding hydrogens is 350 g/mol. The van der Waals surface area contributed by atoms with Crippen molar-refractivity contribution in [1.29, 1.82) is 0 Å². The third-order valence-electron chi connectivity index (χ3n) is 5.59. The average molecular weight is 380 g/mol. The highest BCUT2D eigenvalue weighted by Crippen LogP contribution is 2.24. The van der Waals surface area contributed by atoms with E-state index in [1.165, 1.54) is 29.8 Å². The predicted octanol–water partition coefficient (Wildman–Crippen LogP) is 2.35. The summed E-state index contributed by atoms with van der Waals surface area (Å²) < 4.78 is 25.0. The van der Waals surface area contributed by atoms with Crippen LogP contribution in [0.4, 0.5) is 0 Å². The lowest BCUT2D eigenvalue weighted by molar-refractivity contribution is 0.316. The van der Waals surface area contributed by atoms with Crippen LogP contribution < -0.4 is 5.32 Å². The van der Waals surface area contributed by atoms with Gasteiger partial charge in [0.1, 0.15) is 0 Å². The van der Waals surface area contributed by atoms with Crippen LogP contribution in [-0.2, 0) is 23.0 Å². The van der Waals surface area contributed by atoms with E-state index in [4.69, 9.17) is 0 Å². The van der Waals surface area contributed by atoms with E-state index in [0.717, 1.165) is 54.3 Å². The Morgan fingerprint density at radius 3 is 2.77 bits per heavy atom. The molecule has 0 atom stereocenters. The van der Waals surface area contributed by atoms with Crippen LogP contribution in [0.2, 0.25) is 0 Å². The third-order valence-corrected chi connectivity index (χ3v) is 6.84. The molecule has 0 saturated carbocycles. The minimum atomic E-state index is -3.16. The van der Waals surface area contributed by atoms with Gasteiger partial charge in [-0.1, -0.05) is 17.3 Å². The zero-order valence-electron chi connectivity index (χ0n) is 15.4. The maximum Gasteiger partial charge on any atom is 0.211 e. The summed E-state index contributed by atoms with van der Waals surface area (Å²) in [6.07, 6.45) is 7.41. The fourth-order valence-corrected chi connectivity index (χ4v) is 4.77. The predicted molar refractivity (Wildman–Crippen MR) is 103 cm³/mol. The zero-order valence-corrected chi connectivity index (χ0v) is 16.3. The molecule has 1 aromatic carbocycles. The molecule has 0 radical (unpaired) electrons. The number of hydrogen-bond donors (Lipinski definition) is 2. The quantitative estimate of drug-likeness (QED) is 0.452. The summed E-state index contributed by atoms with van der Waals surface area (Å²) in [5, 5.41) is 16.4. The summed E-state index contributed by atoms with van der Waals surface area (Å²) >= 11 is 0. The van der Waals surface area contributed by atoms with Crippen molar-refractivity contribution in [3.63, 3.8) is 0 Å². The molecule has 3 rings (SSSR count). The van der Waals surface area contributed by atoms with Gasteiger partial charge in [0.15, 0.2) is 0 Å². The third kappa shape index (κ3) is 4.84. The first-order chi connectivity index (χ1) is 12.5. The van der Waals surface area contributed by atoms with Crippen LogP contribution in [0.15, 0.2) is 23.4 Å². The Morgan fingerprint density at radius 1 is 1.31 bits per heavy atom. The summed E-state index contributed by atoms with van der Waals surface area (Å²) in [7, 11) is -3.16. The van der Waals surface area contributed by atoms with Gasteiger partial charge in [-0.25, -0.2) is 8.42 Å². The molecule has 0 aliphatic carbocycles. The van der Waals surface area contributed by atoms with Crippen molar-refractivity contribution in [1.82, 2.24) is 9.62 Å². The number of nitrogens with zero attached hydrogens (tertiary/aromatic N) is 2. The summed E-state index contributed by atoms with van der Waals surface area (Å²) in [4.78, 5) is 0. The van der Waals surface area contributed by atoms with Crippen molar-refractivity contribution in [2.45, 2.75) is 45.1 Å². The van der Waals surface area contributed by atoms with Gasteiger partial charge in [0, 0.05) is 13.1 Å². The number of nitrogens with one attached hydrogen (secondary N) is 1. The van der Waals surface area contributed by atoms with Gasteiger partial charge in [-0.05, 0) is 80.3 Å². The van der Waals surface area contributed by atoms with Crippen LogP contribution in [0, 0.1) is 5.92 Å². The van der Waals surface area contributed by atoms with E-state index in [-0.39, 0.29) is 0 Å². The molecule has 26 heavy (non-hydrogen) atoms. The van der Waals surface area contributed by atoms with Crippen LogP contribution in [0.3, 0.4) is 0 Å². The number of rotatable bonds is 6. The topological polar surface area (TPSA) is 82.0 Å². The number of sulfonamides is 1. The minimum absolute atomic E-state index is 0.426. The Balaban J connectivity index is 1.61. The van der Waals surface area contributed by atoms with Crippen LogP contribution in [-0.4, -0.2) is 49.5 Å². The molecule has 7 heteroatoms. The molecule has 1 fully saturated rings.